The van der Waals surface area contributed by atoms with E-state index in [1.54, 1.807) is 0 Å². The third kappa shape index (κ3) is 3.46. The second kappa shape index (κ2) is 4.04. The van der Waals surface area contributed by atoms with Crippen molar-refractivity contribution in [2.75, 3.05) is 0 Å². The minimum atomic E-state index is -5.52. The topological polar surface area (TPSA) is 9.23 Å². The van der Waals surface area contributed by atoms with Gasteiger partial charge in [-0.25, -0.2) is 8.78 Å². The molecule has 0 aliphatic carbocycles. The van der Waals surface area contributed by atoms with Crippen LogP contribution in [0.4, 0.5) is 35.1 Å². The maximum absolute atomic E-state index is 12.8. The van der Waals surface area contributed by atoms with E-state index in [0.717, 1.165) is 0 Å². The van der Waals surface area contributed by atoms with E-state index in [-0.39, 0.29) is 12.1 Å². The van der Waals surface area contributed by atoms with E-state index in [1.165, 1.54) is 0 Å². The van der Waals surface area contributed by atoms with Crippen LogP contribution in [0.15, 0.2) is 12.1 Å². The largest absolute Gasteiger partial charge is 0.573 e. The summed E-state index contributed by atoms with van der Waals surface area (Å²) in [7, 11) is 0. The molecule has 0 aliphatic heterocycles. The van der Waals surface area contributed by atoms with Gasteiger partial charge in [-0.3, -0.25) is 0 Å². The van der Waals surface area contributed by atoms with E-state index in [0.29, 0.717) is 0 Å². The van der Waals surface area contributed by atoms with Crippen molar-refractivity contribution in [1.29, 1.82) is 0 Å². The smallest absolute Gasteiger partial charge is 0.402 e. The number of alkyl halides is 6. The van der Waals surface area contributed by atoms with Crippen molar-refractivity contribution >= 4 is 0 Å². The number of rotatable bonds is 1. The molecule has 0 aliphatic rings. The van der Waals surface area contributed by atoms with E-state index >= 15 is 0 Å². The van der Waals surface area contributed by atoms with Crippen LogP contribution in [0.25, 0.3) is 0 Å². The summed E-state index contributed by atoms with van der Waals surface area (Å²) >= 11 is 0. The SMILES string of the molecule is Fc1cc(F)c(OC(F)(F)F)c(C(F)(F)F)c1. The molecule has 0 unspecified atom stereocenters. The van der Waals surface area contributed by atoms with Crippen LogP contribution >= 0.6 is 0 Å². The minimum absolute atomic E-state index is 0.143. The molecule has 9 heteroatoms. The Morgan fingerprint density at radius 3 is 1.82 bits per heavy atom. The highest BCUT2D eigenvalue weighted by Gasteiger charge is 2.41. The van der Waals surface area contributed by atoms with Crippen molar-refractivity contribution in [2.45, 2.75) is 12.5 Å². The summed E-state index contributed by atoms with van der Waals surface area (Å²) in [5.41, 5.74) is -2.17. The van der Waals surface area contributed by atoms with Crippen LogP contribution in [0, 0.1) is 11.6 Å². The van der Waals surface area contributed by atoms with Gasteiger partial charge >= 0.3 is 12.5 Å². The highest BCUT2D eigenvalue weighted by atomic mass is 19.4. The number of ether oxygens (including phenoxy) is 1. The van der Waals surface area contributed by atoms with Crippen molar-refractivity contribution < 1.29 is 39.9 Å². The van der Waals surface area contributed by atoms with Gasteiger partial charge < -0.3 is 4.74 Å². The molecule has 0 saturated heterocycles. The lowest BCUT2D eigenvalue weighted by molar-refractivity contribution is -0.277. The van der Waals surface area contributed by atoms with Crippen LogP contribution in [0.2, 0.25) is 0 Å². The third-order valence-electron chi connectivity index (χ3n) is 1.53. The number of halogens is 8. The zero-order valence-corrected chi connectivity index (χ0v) is 7.59. The maximum atomic E-state index is 12.8. The molecule has 0 aromatic heterocycles. The summed E-state index contributed by atoms with van der Waals surface area (Å²) in [6.07, 6.45) is -10.9. The maximum Gasteiger partial charge on any atom is 0.573 e. The van der Waals surface area contributed by atoms with Crippen LogP contribution in [0.1, 0.15) is 5.56 Å². The first kappa shape index (κ1) is 13.5. The van der Waals surface area contributed by atoms with E-state index in [4.69, 9.17) is 0 Å². The van der Waals surface area contributed by atoms with Gasteiger partial charge in [0, 0.05) is 6.07 Å². The van der Waals surface area contributed by atoms with Crippen LogP contribution in [-0.2, 0) is 6.18 Å². The highest BCUT2D eigenvalue weighted by Crippen LogP contribution is 2.40. The molecular formula is C8H2F8O. The molecule has 0 saturated carbocycles. The Bertz CT molecular complexity index is 419. The van der Waals surface area contributed by atoms with Gasteiger partial charge in [0.2, 0.25) is 0 Å². The molecule has 1 aromatic rings. The van der Waals surface area contributed by atoms with Crippen molar-refractivity contribution in [3.05, 3.63) is 29.3 Å². The van der Waals surface area contributed by atoms with E-state index in [9.17, 15) is 35.1 Å². The monoisotopic (exact) mass is 266 g/mol. The Balaban J connectivity index is 3.36. The Morgan fingerprint density at radius 2 is 1.41 bits per heavy atom. The van der Waals surface area contributed by atoms with Gasteiger partial charge in [0.25, 0.3) is 0 Å². The van der Waals surface area contributed by atoms with Crippen LogP contribution in [0.5, 0.6) is 5.75 Å². The van der Waals surface area contributed by atoms with Crippen molar-refractivity contribution in [1.82, 2.24) is 0 Å². The Labute approximate surface area is 88.6 Å². The Morgan fingerprint density at radius 1 is 0.882 bits per heavy atom. The van der Waals surface area contributed by atoms with Crippen LogP contribution in [0.3, 0.4) is 0 Å². The van der Waals surface area contributed by atoms with E-state index < -0.39 is 35.5 Å². The lowest BCUT2D eigenvalue weighted by Crippen LogP contribution is -2.21. The molecule has 1 rings (SSSR count). The van der Waals surface area contributed by atoms with Crippen LogP contribution in [-0.4, -0.2) is 6.36 Å². The summed E-state index contributed by atoms with van der Waals surface area (Å²) < 4.78 is 100. The lowest BCUT2D eigenvalue weighted by Gasteiger charge is -2.15. The lowest BCUT2D eigenvalue weighted by atomic mass is 10.2. The number of hydrogen-bond donors (Lipinski definition) is 0. The van der Waals surface area contributed by atoms with Gasteiger partial charge in [0.1, 0.15) is 11.4 Å². The fourth-order valence-electron chi connectivity index (χ4n) is 0.990. The fraction of sp³-hybridized carbons (Fsp3) is 0.250. The molecule has 1 aromatic carbocycles. The standard InChI is InChI=1S/C8H2F8O/c9-3-1-4(7(11,12)13)6(5(10)2-3)17-8(14,15)16/h1-2H. The molecule has 0 heterocycles. The Kier molecular flexibility index (Phi) is 3.22. The van der Waals surface area contributed by atoms with Crippen molar-refractivity contribution in [3.63, 3.8) is 0 Å². The van der Waals surface area contributed by atoms with Gasteiger partial charge in [0.15, 0.2) is 11.6 Å². The molecule has 0 bridgehead atoms. The van der Waals surface area contributed by atoms with Gasteiger partial charge in [-0.2, -0.15) is 13.2 Å². The summed E-state index contributed by atoms with van der Waals surface area (Å²) in [4.78, 5) is 0. The zero-order chi connectivity index (χ0) is 13.4. The minimum Gasteiger partial charge on any atom is -0.402 e. The molecule has 0 N–H and O–H groups in total. The summed E-state index contributed by atoms with van der Waals surface area (Å²) in [6, 6.07) is -0.430. The predicted octanol–water partition coefficient (Wildman–Crippen LogP) is 3.88. The van der Waals surface area contributed by atoms with E-state index in [1.807, 2.05) is 0 Å². The highest BCUT2D eigenvalue weighted by molar-refractivity contribution is 5.37. The molecule has 0 atom stereocenters. The number of benzene rings is 1. The predicted molar refractivity (Wildman–Crippen MR) is 38.0 cm³/mol. The molecular weight excluding hydrogens is 264 g/mol. The average molecular weight is 266 g/mol. The molecule has 0 fully saturated rings. The van der Waals surface area contributed by atoms with Gasteiger partial charge in [-0.15, -0.1) is 13.2 Å². The quantitative estimate of drug-likeness (QED) is 0.701. The molecule has 96 valence electrons. The molecule has 0 spiro atoms. The zero-order valence-electron chi connectivity index (χ0n) is 7.59. The Hall–Kier alpha value is -1.54. The molecule has 17 heavy (non-hydrogen) atoms. The van der Waals surface area contributed by atoms with Crippen LogP contribution < -0.4 is 4.74 Å². The second-order valence-electron chi connectivity index (χ2n) is 2.81. The number of hydrogen-bond acceptors (Lipinski definition) is 1. The summed E-state index contributed by atoms with van der Waals surface area (Å²) in [6.45, 7) is 0. The molecule has 1 nitrogen and oxygen atoms in total. The van der Waals surface area contributed by atoms with Gasteiger partial charge in [-0.1, -0.05) is 0 Å². The summed E-state index contributed by atoms with van der Waals surface area (Å²) in [5, 5.41) is 0. The van der Waals surface area contributed by atoms with E-state index in [2.05, 4.69) is 4.74 Å². The second-order valence-corrected chi connectivity index (χ2v) is 2.81. The first-order valence-electron chi connectivity index (χ1n) is 3.82. The van der Waals surface area contributed by atoms with Crippen molar-refractivity contribution in [3.8, 4) is 5.75 Å². The first-order chi connectivity index (χ1) is 7.50. The summed E-state index contributed by atoms with van der Waals surface area (Å²) in [5.74, 6) is -5.86. The molecule has 0 radical (unpaired) electrons. The first-order valence-corrected chi connectivity index (χ1v) is 3.82. The van der Waals surface area contributed by atoms with Gasteiger partial charge in [0.05, 0.1) is 0 Å². The average Bonchev–Trinajstić information content (AvgIpc) is 2.05. The normalized spacial score (nSPS) is 12.7. The van der Waals surface area contributed by atoms with Gasteiger partial charge in [-0.05, 0) is 6.07 Å². The third-order valence-corrected chi connectivity index (χ3v) is 1.53. The molecule has 0 amide bonds. The van der Waals surface area contributed by atoms with Crippen molar-refractivity contribution in [2.24, 2.45) is 0 Å². The fourth-order valence-corrected chi connectivity index (χ4v) is 0.990.